The second-order valence-electron chi connectivity index (χ2n) is 5.27. The Morgan fingerprint density at radius 1 is 1.18 bits per heavy atom. The van der Waals surface area contributed by atoms with E-state index in [1.54, 1.807) is 14.2 Å². The molecule has 1 fully saturated rings. The lowest BCUT2D eigenvalue weighted by molar-refractivity contribution is -0.122. The van der Waals surface area contributed by atoms with Crippen molar-refractivity contribution in [2.24, 2.45) is 10.9 Å². The lowest BCUT2D eigenvalue weighted by Gasteiger charge is -2.12. The lowest BCUT2D eigenvalue weighted by Crippen LogP contribution is -2.41. The van der Waals surface area contributed by atoms with E-state index in [1.165, 1.54) is 0 Å². The Hall–Kier alpha value is -2.24. The van der Waals surface area contributed by atoms with Crippen molar-refractivity contribution in [1.82, 2.24) is 16.0 Å². The van der Waals surface area contributed by atoms with E-state index >= 15 is 0 Å². The summed E-state index contributed by atoms with van der Waals surface area (Å²) in [6.07, 6.45) is 2.06. The smallest absolute Gasteiger partial charge is 0.223 e. The molecule has 0 bridgehead atoms. The molecule has 1 aliphatic rings. The van der Waals surface area contributed by atoms with Crippen LogP contribution in [-0.4, -0.2) is 39.1 Å². The number of carbonyl (C=O) groups is 1. The molecule has 1 aliphatic carbocycles. The van der Waals surface area contributed by atoms with Crippen molar-refractivity contribution >= 4 is 11.9 Å². The van der Waals surface area contributed by atoms with Gasteiger partial charge in [0.15, 0.2) is 5.96 Å². The summed E-state index contributed by atoms with van der Waals surface area (Å²) in [5, 5.41) is 9.32. The summed E-state index contributed by atoms with van der Waals surface area (Å²) in [4.78, 5) is 15.6. The summed E-state index contributed by atoms with van der Waals surface area (Å²) in [7, 11) is 3.38. The third kappa shape index (κ3) is 5.27. The van der Waals surface area contributed by atoms with Gasteiger partial charge >= 0.3 is 0 Å². The molecule has 0 atom stereocenters. The average Bonchev–Trinajstić information content (AvgIpc) is 3.39. The molecule has 1 amide bonds. The summed E-state index contributed by atoms with van der Waals surface area (Å²) in [5.41, 5.74) is 1.14. The van der Waals surface area contributed by atoms with Crippen LogP contribution in [-0.2, 0) is 11.3 Å². The van der Waals surface area contributed by atoms with Gasteiger partial charge in [0, 0.05) is 32.6 Å². The van der Waals surface area contributed by atoms with E-state index in [4.69, 9.17) is 4.74 Å². The van der Waals surface area contributed by atoms with Gasteiger partial charge in [0.05, 0.1) is 7.11 Å². The zero-order valence-corrected chi connectivity index (χ0v) is 13.2. The van der Waals surface area contributed by atoms with Crippen molar-refractivity contribution in [1.29, 1.82) is 0 Å². The number of amides is 1. The molecule has 0 saturated heterocycles. The van der Waals surface area contributed by atoms with Crippen LogP contribution in [0.3, 0.4) is 0 Å². The predicted octanol–water partition coefficient (Wildman–Crippen LogP) is 0.886. The van der Waals surface area contributed by atoms with Crippen molar-refractivity contribution in [3.8, 4) is 5.75 Å². The summed E-state index contributed by atoms with van der Waals surface area (Å²) in [5.74, 6) is 1.99. The second-order valence-corrected chi connectivity index (χ2v) is 5.27. The monoisotopic (exact) mass is 304 g/mol. The molecule has 120 valence electrons. The van der Waals surface area contributed by atoms with Crippen LogP contribution in [0.2, 0.25) is 0 Å². The first-order chi connectivity index (χ1) is 10.7. The molecular formula is C16H24N4O2. The average molecular weight is 304 g/mol. The highest BCUT2D eigenvalue weighted by Gasteiger charge is 2.28. The van der Waals surface area contributed by atoms with Gasteiger partial charge in [-0.2, -0.15) is 0 Å². The van der Waals surface area contributed by atoms with Crippen LogP contribution in [0.25, 0.3) is 0 Å². The van der Waals surface area contributed by atoms with E-state index in [9.17, 15) is 4.79 Å². The number of ether oxygens (including phenoxy) is 1. The molecule has 1 aromatic carbocycles. The fourth-order valence-corrected chi connectivity index (χ4v) is 2.01. The van der Waals surface area contributed by atoms with Gasteiger partial charge in [0.1, 0.15) is 5.75 Å². The number of rotatable bonds is 7. The Balaban J connectivity index is 1.64. The van der Waals surface area contributed by atoms with E-state index in [1.807, 2.05) is 24.3 Å². The number of benzene rings is 1. The van der Waals surface area contributed by atoms with Crippen LogP contribution in [0.1, 0.15) is 18.4 Å². The van der Waals surface area contributed by atoms with Gasteiger partial charge < -0.3 is 20.7 Å². The van der Waals surface area contributed by atoms with E-state index in [0.717, 1.165) is 30.1 Å². The number of nitrogens with one attached hydrogen (secondary N) is 3. The molecule has 22 heavy (non-hydrogen) atoms. The quantitative estimate of drug-likeness (QED) is 0.397. The molecule has 0 heterocycles. The molecule has 0 spiro atoms. The van der Waals surface area contributed by atoms with Gasteiger partial charge in [-0.15, -0.1) is 0 Å². The Labute approximate surface area is 131 Å². The number of methoxy groups -OCH3 is 1. The van der Waals surface area contributed by atoms with Crippen molar-refractivity contribution in [2.75, 3.05) is 27.2 Å². The maximum atomic E-state index is 11.5. The van der Waals surface area contributed by atoms with Crippen LogP contribution < -0.4 is 20.7 Å². The topological polar surface area (TPSA) is 74.8 Å². The standard InChI is InChI=1S/C16H24N4O2/c1-17-16(19-10-9-18-15(21)13-5-6-13)20-11-12-3-7-14(22-2)8-4-12/h3-4,7-8,13H,5-6,9-11H2,1-2H3,(H,18,21)(H2,17,19,20). The fourth-order valence-electron chi connectivity index (χ4n) is 2.01. The predicted molar refractivity (Wildman–Crippen MR) is 86.9 cm³/mol. The van der Waals surface area contributed by atoms with Gasteiger partial charge in [0.25, 0.3) is 0 Å². The number of hydrogen-bond acceptors (Lipinski definition) is 3. The van der Waals surface area contributed by atoms with Crippen LogP contribution in [0.15, 0.2) is 29.3 Å². The van der Waals surface area contributed by atoms with Crippen molar-refractivity contribution < 1.29 is 9.53 Å². The third-order valence-corrected chi connectivity index (χ3v) is 3.51. The summed E-state index contributed by atoms with van der Waals surface area (Å²) >= 11 is 0. The van der Waals surface area contributed by atoms with Crippen molar-refractivity contribution in [3.63, 3.8) is 0 Å². The Kier molecular flexibility index (Phi) is 6.06. The Morgan fingerprint density at radius 2 is 1.86 bits per heavy atom. The molecule has 0 aliphatic heterocycles. The van der Waals surface area contributed by atoms with Gasteiger partial charge in [-0.25, -0.2) is 0 Å². The molecule has 0 radical (unpaired) electrons. The molecule has 0 aromatic heterocycles. The maximum absolute atomic E-state index is 11.5. The molecule has 1 aromatic rings. The number of hydrogen-bond donors (Lipinski definition) is 3. The minimum Gasteiger partial charge on any atom is -0.497 e. The van der Waals surface area contributed by atoms with Crippen LogP contribution in [0.5, 0.6) is 5.75 Å². The van der Waals surface area contributed by atoms with E-state index < -0.39 is 0 Å². The van der Waals surface area contributed by atoms with Gasteiger partial charge in [0.2, 0.25) is 5.91 Å². The first-order valence-corrected chi connectivity index (χ1v) is 7.58. The first-order valence-electron chi connectivity index (χ1n) is 7.58. The normalized spacial score (nSPS) is 14.4. The lowest BCUT2D eigenvalue weighted by atomic mass is 10.2. The molecule has 1 saturated carbocycles. The van der Waals surface area contributed by atoms with E-state index in [0.29, 0.717) is 19.6 Å². The van der Waals surface area contributed by atoms with Gasteiger partial charge in [-0.1, -0.05) is 12.1 Å². The van der Waals surface area contributed by atoms with E-state index in [-0.39, 0.29) is 11.8 Å². The molecule has 6 heteroatoms. The Bertz CT molecular complexity index is 509. The van der Waals surface area contributed by atoms with Crippen molar-refractivity contribution in [2.45, 2.75) is 19.4 Å². The van der Waals surface area contributed by atoms with Crippen molar-refractivity contribution in [3.05, 3.63) is 29.8 Å². The zero-order valence-electron chi connectivity index (χ0n) is 13.2. The van der Waals surface area contributed by atoms with E-state index in [2.05, 4.69) is 20.9 Å². The summed E-state index contributed by atoms with van der Waals surface area (Å²) in [6.45, 7) is 1.94. The number of aliphatic imine (C=N–C) groups is 1. The molecule has 3 N–H and O–H groups in total. The largest absolute Gasteiger partial charge is 0.497 e. The molecule has 0 unspecified atom stereocenters. The van der Waals surface area contributed by atoms with Gasteiger partial charge in [-0.3, -0.25) is 9.79 Å². The SMILES string of the molecule is CN=C(NCCNC(=O)C1CC1)NCc1ccc(OC)cc1. The number of guanidine groups is 1. The Morgan fingerprint density at radius 3 is 2.45 bits per heavy atom. The third-order valence-electron chi connectivity index (χ3n) is 3.51. The summed E-state index contributed by atoms with van der Waals surface area (Å²) in [6, 6.07) is 7.88. The van der Waals surface area contributed by atoms with Crippen LogP contribution in [0, 0.1) is 5.92 Å². The highest BCUT2D eigenvalue weighted by atomic mass is 16.5. The highest BCUT2D eigenvalue weighted by molar-refractivity contribution is 5.81. The second kappa shape index (κ2) is 8.26. The minimum atomic E-state index is 0.169. The highest BCUT2D eigenvalue weighted by Crippen LogP contribution is 2.28. The molecule has 6 nitrogen and oxygen atoms in total. The molecular weight excluding hydrogens is 280 g/mol. The molecule has 2 rings (SSSR count). The summed E-state index contributed by atoms with van der Waals surface area (Å²) < 4.78 is 5.13. The minimum absolute atomic E-state index is 0.169. The fraction of sp³-hybridized carbons (Fsp3) is 0.500. The van der Waals surface area contributed by atoms with Gasteiger partial charge in [-0.05, 0) is 30.5 Å². The zero-order chi connectivity index (χ0) is 15.8. The number of carbonyl (C=O) groups excluding carboxylic acids is 1. The van der Waals surface area contributed by atoms with Crippen LogP contribution in [0.4, 0.5) is 0 Å². The first kappa shape index (κ1) is 16.1. The maximum Gasteiger partial charge on any atom is 0.223 e. The number of nitrogens with zero attached hydrogens (tertiary/aromatic N) is 1. The van der Waals surface area contributed by atoms with Crippen LogP contribution >= 0.6 is 0 Å².